The zero-order valence-corrected chi connectivity index (χ0v) is 15.8. The first-order valence-corrected chi connectivity index (χ1v) is 9.90. The summed E-state index contributed by atoms with van der Waals surface area (Å²) in [6.45, 7) is 2.23. The van der Waals surface area contributed by atoms with E-state index in [1.54, 1.807) is 22.2 Å². The maximum absolute atomic E-state index is 13.0. The molecular weight excluding hydrogens is 360 g/mol. The van der Waals surface area contributed by atoms with Crippen LogP contribution in [-0.4, -0.2) is 19.7 Å². The lowest BCUT2D eigenvalue weighted by molar-refractivity contribution is 0.369. The van der Waals surface area contributed by atoms with Gasteiger partial charge in [0.2, 0.25) is 11.7 Å². The summed E-state index contributed by atoms with van der Waals surface area (Å²) in [5, 5.41) is 4.85. The van der Waals surface area contributed by atoms with Gasteiger partial charge in [0, 0.05) is 10.4 Å². The molecule has 0 aliphatic heterocycles. The summed E-state index contributed by atoms with van der Waals surface area (Å²) in [5.74, 6) is 0.943. The molecule has 4 aromatic rings. The Morgan fingerprint density at radius 3 is 2.96 bits per heavy atom. The van der Waals surface area contributed by atoms with Crippen molar-refractivity contribution < 1.29 is 4.52 Å². The second kappa shape index (κ2) is 6.42. The quantitative estimate of drug-likeness (QED) is 0.543. The fourth-order valence-electron chi connectivity index (χ4n) is 3.69. The minimum absolute atomic E-state index is 0.0185. The SMILES string of the molecule is Cc1ccccc1-c1noc(Cn2cnc3sc4c(c3c2=O)CCCC4)n1. The van der Waals surface area contributed by atoms with Crippen LogP contribution in [0.5, 0.6) is 0 Å². The van der Waals surface area contributed by atoms with E-state index in [2.05, 4.69) is 15.1 Å². The third-order valence-corrected chi connectivity index (χ3v) is 6.30. The standard InChI is InChI=1S/C20H18N4O2S/c1-12-6-2-3-7-13(12)18-22-16(26-23-18)10-24-11-21-19-17(20(24)25)14-8-4-5-9-15(14)27-19/h2-3,6-7,11H,4-5,8-10H2,1H3. The van der Waals surface area contributed by atoms with E-state index >= 15 is 0 Å². The molecule has 6 nitrogen and oxygen atoms in total. The highest BCUT2D eigenvalue weighted by atomic mass is 32.1. The van der Waals surface area contributed by atoms with Crippen LogP contribution in [-0.2, 0) is 19.4 Å². The highest BCUT2D eigenvalue weighted by molar-refractivity contribution is 7.18. The minimum Gasteiger partial charge on any atom is -0.337 e. The van der Waals surface area contributed by atoms with Crippen molar-refractivity contribution >= 4 is 21.6 Å². The van der Waals surface area contributed by atoms with Crippen LogP contribution in [0.2, 0.25) is 0 Å². The van der Waals surface area contributed by atoms with Gasteiger partial charge in [0.1, 0.15) is 11.4 Å². The molecule has 0 radical (unpaired) electrons. The zero-order chi connectivity index (χ0) is 18.4. The largest absolute Gasteiger partial charge is 0.337 e. The van der Waals surface area contributed by atoms with Crippen LogP contribution in [0.3, 0.4) is 0 Å². The molecule has 3 heterocycles. The number of thiophene rings is 1. The summed E-state index contributed by atoms with van der Waals surface area (Å²) in [6.07, 6.45) is 5.94. The Hall–Kier alpha value is -2.80. The second-order valence-corrected chi connectivity index (χ2v) is 7.98. The van der Waals surface area contributed by atoms with Crippen LogP contribution in [0.15, 0.2) is 39.9 Å². The van der Waals surface area contributed by atoms with Crippen molar-refractivity contribution in [3.8, 4) is 11.4 Å². The van der Waals surface area contributed by atoms with Gasteiger partial charge < -0.3 is 4.52 Å². The molecule has 0 saturated carbocycles. The molecule has 5 rings (SSSR count). The van der Waals surface area contributed by atoms with Crippen molar-refractivity contribution in [3.63, 3.8) is 0 Å². The summed E-state index contributed by atoms with van der Waals surface area (Å²) in [5.41, 5.74) is 3.18. The van der Waals surface area contributed by atoms with E-state index in [-0.39, 0.29) is 12.1 Å². The van der Waals surface area contributed by atoms with Crippen molar-refractivity contribution in [1.82, 2.24) is 19.7 Å². The average molecular weight is 378 g/mol. The molecule has 136 valence electrons. The molecule has 0 atom stereocenters. The molecule has 0 unspecified atom stereocenters. The number of fused-ring (bicyclic) bond motifs is 3. The van der Waals surface area contributed by atoms with Gasteiger partial charge in [0.05, 0.1) is 11.7 Å². The maximum Gasteiger partial charge on any atom is 0.262 e. The van der Waals surface area contributed by atoms with Crippen molar-refractivity contribution in [2.75, 3.05) is 0 Å². The van der Waals surface area contributed by atoms with Crippen LogP contribution in [0.1, 0.15) is 34.7 Å². The lowest BCUT2D eigenvalue weighted by Gasteiger charge is -2.10. The number of rotatable bonds is 3. The summed E-state index contributed by atoms with van der Waals surface area (Å²) < 4.78 is 6.96. The topological polar surface area (TPSA) is 73.8 Å². The highest BCUT2D eigenvalue weighted by Gasteiger charge is 2.20. The molecule has 0 spiro atoms. The average Bonchev–Trinajstić information content (AvgIpc) is 3.29. The zero-order valence-electron chi connectivity index (χ0n) is 14.9. The van der Waals surface area contributed by atoms with Gasteiger partial charge in [-0.15, -0.1) is 11.3 Å². The molecule has 0 saturated heterocycles. The van der Waals surface area contributed by atoms with Crippen LogP contribution < -0.4 is 5.56 Å². The normalized spacial score (nSPS) is 13.8. The number of hydrogen-bond donors (Lipinski definition) is 0. The van der Waals surface area contributed by atoms with Gasteiger partial charge in [-0.2, -0.15) is 4.98 Å². The fourth-order valence-corrected chi connectivity index (χ4v) is 4.91. The minimum atomic E-state index is -0.0185. The molecule has 3 aromatic heterocycles. The van der Waals surface area contributed by atoms with Gasteiger partial charge >= 0.3 is 0 Å². The van der Waals surface area contributed by atoms with Gasteiger partial charge in [0.25, 0.3) is 5.56 Å². The van der Waals surface area contributed by atoms with Gasteiger partial charge in [0.15, 0.2) is 0 Å². The van der Waals surface area contributed by atoms with Crippen LogP contribution >= 0.6 is 11.3 Å². The lowest BCUT2D eigenvalue weighted by atomic mass is 9.97. The van der Waals surface area contributed by atoms with E-state index in [1.165, 1.54) is 16.9 Å². The van der Waals surface area contributed by atoms with Crippen molar-refractivity contribution in [1.29, 1.82) is 0 Å². The molecule has 7 heteroatoms. The monoisotopic (exact) mass is 378 g/mol. The first kappa shape index (κ1) is 16.4. The summed E-state index contributed by atoms with van der Waals surface area (Å²) >= 11 is 1.66. The van der Waals surface area contributed by atoms with E-state index in [9.17, 15) is 4.79 Å². The molecule has 1 aromatic carbocycles. The Morgan fingerprint density at radius 1 is 1.22 bits per heavy atom. The van der Waals surface area contributed by atoms with Crippen LogP contribution in [0.4, 0.5) is 0 Å². The Morgan fingerprint density at radius 2 is 2.07 bits per heavy atom. The smallest absolute Gasteiger partial charge is 0.262 e. The van der Waals surface area contributed by atoms with E-state index < -0.39 is 0 Å². The molecule has 0 amide bonds. The first-order chi connectivity index (χ1) is 13.2. The Labute approximate surface area is 159 Å². The molecule has 0 N–H and O–H groups in total. The van der Waals surface area contributed by atoms with Crippen LogP contribution in [0, 0.1) is 6.92 Å². The molecule has 1 aliphatic rings. The third kappa shape index (κ3) is 2.78. The lowest BCUT2D eigenvalue weighted by Crippen LogP contribution is -2.21. The van der Waals surface area contributed by atoms with E-state index in [1.807, 2.05) is 31.2 Å². The molecule has 27 heavy (non-hydrogen) atoms. The fraction of sp³-hybridized carbons (Fsp3) is 0.300. The summed E-state index contributed by atoms with van der Waals surface area (Å²) in [6, 6.07) is 7.89. The van der Waals surface area contributed by atoms with Gasteiger partial charge in [-0.3, -0.25) is 9.36 Å². The molecule has 1 aliphatic carbocycles. The molecule has 0 bridgehead atoms. The van der Waals surface area contributed by atoms with Crippen molar-refractivity contribution in [3.05, 3.63) is 62.8 Å². The van der Waals surface area contributed by atoms with Gasteiger partial charge in [-0.05, 0) is 43.7 Å². The van der Waals surface area contributed by atoms with Crippen molar-refractivity contribution in [2.45, 2.75) is 39.2 Å². The number of aromatic nitrogens is 4. The predicted molar refractivity (Wildman–Crippen MR) is 104 cm³/mol. The summed E-state index contributed by atoms with van der Waals surface area (Å²) in [7, 11) is 0. The first-order valence-electron chi connectivity index (χ1n) is 9.09. The molecular formula is C20H18N4O2S. The number of hydrogen-bond acceptors (Lipinski definition) is 6. The third-order valence-electron chi connectivity index (χ3n) is 5.10. The summed E-state index contributed by atoms with van der Waals surface area (Å²) in [4.78, 5) is 24.2. The van der Waals surface area contributed by atoms with E-state index in [4.69, 9.17) is 4.52 Å². The maximum atomic E-state index is 13.0. The van der Waals surface area contributed by atoms with Gasteiger partial charge in [-0.25, -0.2) is 4.98 Å². The van der Waals surface area contributed by atoms with Crippen molar-refractivity contribution in [2.24, 2.45) is 0 Å². The van der Waals surface area contributed by atoms with E-state index in [0.29, 0.717) is 11.7 Å². The Kier molecular flexibility index (Phi) is 3.89. The van der Waals surface area contributed by atoms with Crippen LogP contribution in [0.25, 0.3) is 21.6 Å². The predicted octanol–water partition coefficient (Wildman–Crippen LogP) is 3.74. The Bertz CT molecular complexity index is 1200. The number of aryl methyl sites for hydroxylation is 3. The number of nitrogens with zero attached hydrogens (tertiary/aromatic N) is 4. The highest BCUT2D eigenvalue weighted by Crippen LogP contribution is 2.33. The Balaban J connectivity index is 1.51. The number of benzene rings is 1. The van der Waals surface area contributed by atoms with Gasteiger partial charge in [-0.1, -0.05) is 29.4 Å². The molecule has 0 fully saturated rings. The second-order valence-electron chi connectivity index (χ2n) is 6.90. The van der Waals surface area contributed by atoms with E-state index in [0.717, 1.165) is 40.6 Å².